The van der Waals surface area contributed by atoms with Gasteiger partial charge < -0.3 is 9.32 Å². The number of nitrogens with zero attached hydrogens (tertiary/aromatic N) is 1. The predicted octanol–water partition coefficient (Wildman–Crippen LogP) is 14.4. The molecule has 2 heterocycles. The van der Waals surface area contributed by atoms with Crippen molar-refractivity contribution in [3.05, 3.63) is 188 Å². The molecule has 240 valence electrons. The van der Waals surface area contributed by atoms with Gasteiger partial charge in [-0.15, -0.1) is 11.3 Å². The molecule has 0 radical (unpaired) electrons. The topological polar surface area (TPSA) is 16.4 Å². The van der Waals surface area contributed by atoms with Crippen LogP contribution in [0, 0.1) is 0 Å². The van der Waals surface area contributed by atoms with Gasteiger partial charge in [-0.05, 0) is 94.0 Å². The standard InChI is InChI=1S/C48H31NOS/c1-3-14-37(15-4-1)49(38-16-5-2-6-17-38)39-28-26-33(27-29-39)32-22-24-34(25-23-32)35-12-11-13-36(30-35)42-31-45-47(41-19-8-10-21-44(41)51-45)48-46(42)40-18-7-9-20-43(40)50-48/h1-31H. The monoisotopic (exact) mass is 669 g/mol. The normalized spacial score (nSPS) is 11.5. The van der Waals surface area contributed by atoms with Crippen molar-refractivity contribution in [1.29, 1.82) is 0 Å². The fourth-order valence-corrected chi connectivity index (χ4v) is 8.59. The first kappa shape index (κ1) is 29.5. The van der Waals surface area contributed by atoms with Crippen molar-refractivity contribution in [3.8, 4) is 33.4 Å². The Balaban J connectivity index is 1.01. The summed E-state index contributed by atoms with van der Waals surface area (Å²) in [6, 6.07) is 67.2. The number of hydrogen-bond acceptors (Lipinski definition) is 3. The Morgan fingerprint density at radius 1 is 0.373 bits per heavy atom. The van der Waals surface area contributed by atoms with E-state index in [9.17, 15) is 0 Å². The minimum absolute atomic E-state index is 0.921. The van der Waals surface area contributed by atoms with Crippen LogP contribution in [0.4, 0.5) is 17.1 Å². The third kappa shape index (κ3) is 5.10. The second-order valence-corrected chi connectivity index (χ2v) is 14.0. The number of para-hydroxylation sites is 3. The Morgan fingerprint density at radius 2 is 0.922 bits per heavy atom. The molecule has 0 bridgehead atoms. The largest absolute Gasteiger partial charge is 0.455 e. The third-order valence-electron chi connectivity index (χ3n) is 9.87. The predicted molar refractivity (Wildman–Crippen MR) is 218 cm³/mol. The first-order chi connectivity index (χ1) is 25.3. The first-order valence-electron chi connectivity index (χ1n) is 17.3. The molecule has 3 heteroatoms. The van der Waals surface area contributed by atoms with E-state index in [1.807, 2.05) is 11.3 Å². The molecule has 0 N–H and O–H groups in total. The van der Waals surface area contributed by atoms with Crippen molar-refractivity contribution in [2.75, 3.05) is 4.90 Å². The molecule has 10 aromatic rings. The molecule has 0 fully saturated rings. The van der Waals surface area contributed by atoms with Gasteiger partial charge >= 0.3 is 0 Å². The molecule has 51 heavy (non-hydrogen) atoms. The Hall–Kier alpha value is -6.42. The molecule has 2 aromatic heterocycles. The lowest BCUT2D eigenvalue weighted by molar-refractivity contribution is 0.673. The average molecular weight is 670 g/mol. The van der Waals surface area contributed by atoms with Crippen LogP contribution < -0.4 is 4.90 Å². The summed E-state index contributed by atoms with van der Waals surface area (Å²) >= 11 is 1.83. The van der Waals surface area contributed by atoms with E-state index < -0.39 is 0 Å². The molecule has 0 aliphatic carbocycles. The molecule has 8 aromatic carbocycles. The van der Waals surface area contributed by atoms with Gasteiger partial charge in [-0.3, -0.25) is 0 Å². The molecule has 0 aliphatic rings. The Morgan fingerprint density at radius 3 is 1.63 bits per heavy atom. The average Bonchev–Trinajstić information content (AvgIpc) is 3.78. The third-order valence-corrected chi connectivity index (χ3v) is 11.0. The second kappa shape index (κ2) is 12.2. The van der Waals surface area contributed by atoms with E-state index in [0.717, 1.165) is 33.6 Å². The van der Waals surface area contributed by atoms with Crippen LogP contribution in [0.5, 0.6) is 0 Å². The molecule has 0 unspecified atom stereocenters. The highest BCUT2D eigenvalue weighted by atomic mass is 32.1. The van der Waals surface area contributed by atoms with Crippen molar-refractivity contribution in [2.24, 2.45) is 0 Å². The summed E-state index contributed by atoms with van der Waals surface area (Å²) in [5.41, 5.74) is 12.4. The van der Waals surface area contributed by atoms with Gasteiger partial charge in [0.05, 0.1) is 0 Å². The molecule has 0 aliphatic heterocycles. The van der Waals surface area contributed by atoms with Crippen molar-refractivity contribution in [1.82, 2.24) is 0 Å². The van der Waals surface area contributed by atoms with Gasteiger partial charge in [-0.1, -0.05) is 127 Å². The van der Waals surface area contributed by atoms with E-state index in [4.69, 9.17) is 4.42 Å². The molecular weight excluding hydrogens is 639 g/mol. The minimum Gasteiger partial charge on any atom is -0.455 e. The number of hydrogen-bond donors (Lipinski definition) is 0. The lowest BCUT2D eigenvalue weighted by Crippen LogP contribution is -2.09. The van der Waals surface area contributed by atoms with Crippen molar-refractivity contribution < 1.29 is 4.42 Å². The Bertz CT molecular complexity index is 2790. The van der Waals surface area contributed by atoms with E-state index >= 15 is 0 Å². The van der Waals surface area contributed by atoms with Gasteiger partial charge in [0.1, 0.15) is 11.2 Å². The summed E-state index contributed by atoms with van der Waals surface area (Å²) in [4.78, 5) is 2.29. The number of benzene rings is 8. The van der Waals surface area contributed by atoms with E-state index in [0.29, 0.717) is 0 Å². The smallest absolute Gasteiger partial charge is 0.145 e. The van der Waals surface area contributed by atoms with Crippen LogP contribution in [-0.2, 0) is 0 Å². The van der Waals surface area contributed by atoms with Gasteiger partial charge in [0.2, 0.25) is 0 Å². The van der Waals surface area contributed by atoms with Crippen LogP contribution in [0.15, 0.2) is 192 Å². The number of thiophene rings is 1. The number of anilines is 3. The Labute approximate surface area is 300 Å². The number of fused-ring (bicyclic) bond motifs is 7. The van der Waals surface area contributed by atoms with E-state index in [2.05, 4.69) is 193 Å². The summed E-state index contributed by atoms with van der Waals surface area (Å²) in [6.07, 6.45) is 0. The maximum absolute atomic E-state index is 6.63. The molecule has 0 saturated heterocycles. The fraction of sp³-hybridized carbons (Fsp3) is 0. The van der Waals surface area contributed by atoms with E-state index in [1.165, 1.54) is 58.9 Å². The zero-order chi connectivity index (χ0) is 33.7. The zero-order valence-corrected chi connectivity index (χ0v) is 28.5. The quantitative estimate of drug-likeness (QED) is 0.175. The SMILES string of the molecule is c1ccc(N(c2ccccc2)c2ccc(-c3ccc(-c4cccc(-c5cc6sc7ccccc7c6c6oc7ccccc7c56)c4)cc3)cc2)cc1. The van der Waals surface area contributed by atoms with Crippen LogP contribution >= 0.6 is 11.3 Å². The maximum Gasteiger partial charge on any atom is 0.145 e. The van der Waals surface area contributed by atoms with Crippen LogP contribution in [-0.4, -0.2) is 0 Å². The first-order valence-corrected chi connectivity index (χ1v) is 18.1. The van der Waals surface area contributed by atoms with Crippen molar-refractivity contribution >= 4 is 70.5 Å². The zero-order valence-electron chi connectivity index (χ0n) is 27.7. The summed E-state index contributed by atoms with van der Waals surface area (Å²) in [6.45, 7) is 0. The molecule has 10 rings (SSSR count). The summed E-state index contributed by atoms with van der Waals surface area (Å²) in [5.74, 6) is 0. The van der Waals surface area contributed by atoms with E-state index in [-0.39, 0.29) is 0 Å². The van der Waals surface area contributed by atoms with Crippen molar-refractivity contribution in [3.63, 3.8) is 0 Å². The lowest BCUT2D eigenvalue weighted by Gasteiger charge is -2.25. The summed E-state index contributed by atoms with van der Waals surface area (Å²) in [5, 5.41) is 4.78. The highest BCUT2D eigenvalue weighted by Crippen LogP contribution is 2.46. The maximum atomic E-state index is 6.63. The minimum atomic E-state index is 0.921. The van der Waals surface area contributed by atoms with Crippen molar-refractivity contribution in [2.45, 2.75) is 0 Å². The Kier molecular flexibility index (Phi) is 7.04. The molecule has 0 saturated carbocycles. The number of rotatable bonds is 6. The second-order valence-electron chi connectivity index (χ2n) is 12.9. The number of furan rings is 1. The van der Waals surface area contributed by atoms with Crippen LogP contribution in [0.25, 0.3) is 75.5 Å². The summed E-state index contributed by atoms with van der Waals surface area (Å²) < 4.78 is 9.16. The molecule has 0 amide bonds. The van der Waals surface area contributed by atoms with Gasteiger partial charge in [-0.2, -0.15) is 0 Å². The fourth-order valence-electron chi connectivity index (χ4n) is 7.45. The van der Waals surface area contributed by atoms with Crippen LogP contribution in [0.3, 0.4) is 0 Å². The van der Waals surface area contributed by atoms with Gasteiger partial charge in [0.25, 0.3) is 0 Å². The van der Waals surface area contributed by atoms with Crippen LogP contribution in [0.2, 0.25) is 0 Å². The molecule has 0 spiro atoms. The van der Waals surface area contributed by atoms with Gasteiger partial charge in [-0.25, -0.2) is 0 Å². The van der Waals surface area contributed by atoms with Gasteiger partial charge in [0.15, 0.2) is 0 Å². The molecular formula is C48H31NOS. The molecule has 2 nitrogen and oxygen atoms in total. The highest BCUT2D eigenvalue weighted by molar-refractivity contribution is 7.26. The summed E-state index contributed by atoms with van der Waals surface area (Å²) in [7, 11) is 0. The lowest BCUT2D eigenvalue weighted by atomic mass is 9.94. The van der Waals surface area contributed by atoms with Crippen LogP contribution in [0.1, 0.15) is 0 Å². The van der Waals surface area contributed by atoms with E-state index in [1.54, 1.807) is 0 Å². The van der Waals surface area contributed by atoms with Gasteiger partial charge in [0, 0.05) is 48.0 Å². The highest BCUT2D eigenvalue weighted by Gasteiger charge is 2.20. The molecule has 0 atom stereocenters.